The monoisotopic (exact) mass is 298 g/mol. The fraction of sp³-hybridized carbons (Fsp3) is 0.938. The van der Waals surface area contributed by atoms with Crippen molar-refractivity contribution < 1.29 is 14.3 Å². The number of nitrogens with one attached hydrogen (secondary N) is 1. The summed E-state index contributed by atoms with van der Waals surface area (Å²) in [5.41, 5.74) is -0.419. The van der Waals surface area contributed by atoms with Crippen molar-refractivity contribution in [2.75, 3.05) is 32.8 Å². The van der Waals surface area contributed by atoms with Gasteiger partial charge in [-0.15, -0.1) is 0 Å². The quantitative estimate of drug-likeness (QED) is 0.869. The zero-order chi connectivity index (χ0) is 15.3. The number of ether oxygens (including phenoxy) is 2. The van der Waals surface area contributed by atoms with E-state index in [2.05, 4.69) is 10.2 Å². The van der Waals surface area contributed by atoms with Crippen LogP contribution in [-0.4, -0.2) is 55.5 Å². The van der Waals surface area contributed by atoms with Crippen LogP contribution < -0.4 is 5.32 Å². The van der Waals surface area contributed by atoms with Gasteiger partial charge in [0, 0.05) is 25.7 Å². The van der Waals surface area contributed by atoms with Crippen LogP contribution in [0.15, 0.2) is 0 Å². The van der Waals surface area contributed by atoms with Gasteiger partial charge in [-0.3, -0.25) is 4.90 Å². The number of hydrogen-bond acceptors (Lipinski definition) is 4. The van der Waals surface area contributed by atoms with E-state index >= 15 is 0 Å². The fourth-order valence-electron chi connectivity index (χ4n) is 3.11. The molecule has 122 valence electrons. The van der Waals surface area contributed by atoms with Gasteiger partial charge in [0.05, 0.1) is 13.2 Å². The van der Waals surface area contributed by atoms with Crippen LogP contribution in [-0.2, 0) is 9.47 Å². The van der Waals surface area contributed by atoms with Crippen LogP contribution >= 0.6 is 0 Å². The van der Waals surface area contributed by atoms with Crippen molar-refractivity contribution in [3.8, 4) is 0 Å². The molecule has 2 aliphatic rings. The summed E-state index contributed by atoms with van der Waals surface area (Å²) in [5.74, 6) is 0.764. The Morgan fingerprint density at radius 1 is 1.19 bits per heavy atom. The third kappa shape index (κ3) is 6.22. The molecular formula is C16H30N2O3. The van der Waals surface area contributed by atoms with Crippen molar-refractivity contribution in [2.45, 2.75) is 58.1 Å². The molecule has 0 atom stereocenters. The summed E-state index contributed by atoms with van der Waals surface area (Å²) < 4.78 is 10.7. The maximum absolute atomic E-state index is 11.8. The molecule has 1 N–H and O–H groups in total. The van der Waals surface area contributed by atoms with Gasteiger partial charge in [0.25, 0.3) is 0 Å². The summed E-state index contributed by atoms with van der Waals surface area (Å²) >= 11 is 0. The molecule has 0 spiro atoms. The lowest BCUT2D eigenvalue weighted by atomic mass is 9.85. The Kier molecular flexibility index (Phi) is 5.88. The molecule has 21 heavy (non-hydrogen) atoms. The average molecular weight is 298 g/mol. The van der Waals surface area contributed by atoms with E-state index in [9.17, 15) is 4.79 Å². The van der Waals surface area contributed by atoms with Crippen LogP contribution in [0.3, 0.4) is 0 Å². The van der Waals surface area contributed by atoms with Crippen LogP contribution in [0.1, 0.15) is 46.5 Å². The first-order valence-corrected chi connectivity index (χ1v) is 8.22. The van der Waals surface area contributed by atoms with Crippen LogP contribution in [0.5, 0.6) is 0 Å². The van der Waals surface area contributed by atoms with E-state index < -0.39 is 5.60 Å². The number of alkyl carbamates (subject to hydrolysis) is 1. The van der Waals surface area contributed by atoms with Crippen LogP contribution in [0.2, 0.25) is 0 Å². The molecule has 0 aromatic carbocycles. The highest BCUT2D eigenvalue weighted by Crippen LogP contribution is 2.25. The van der Waals surface area contributed by atoms with Gasteiger partial charge in [0.15, 0.2) is 0 Å². The van der Waals surface area contributed by atoms with E-state index in [4.69, 9.17) is 9.47 Å². The first kappa shape index (κ1) is 16.6. The minimum Gasteiger partial charge on any atom is -0.444 e. The lowest BCUT2D eigenvalue weighted by Crippen LogP contribution is -2.43. The summed E-state index contributed by atoms with van der Waals surface area (Å²) in [6.45, 7) is 10.7. The Balaban J connectivity index is 1.64. The predicted molar refractivity (Wildman–Crippen MR) is 82.4 cm³/mol. The number of amides is 1. The smallest absolute Gasteiger partial charge is 0.407 e. The molecule has 1 saturated carbocycles. The SMILES string of the molecule is CC(C)(C)OC(=O)NC1CCC(CN2CCOCC2)CC1. The summed E-state index contributed by atoms with van der Waals surface area (Å²) in [6, 6.07) is 0.279. The molecule has 2 rings (SSSR count). The maximum atomic E-state index is 11.8. The van der Waals surface area contributed by atoms with Crippen LogP contribution in [0.4, 0.5) is 4.79 Å². The van der Waals surface area contributed by atoms with Crippen LogP contribution in [0.25, 0.3) is 0 Å². The lowest BCUT2D eigenvalue weighted by molar-refractivity contribution is 0.0260. The molecular weight excluding hydrogens is 268 g/mol. The van der Waals surface area contributed by atoms with E-state index in [1.54, 1.807) is 0 Å². The second-order valence-electron chi connectivity index (χ2n) is 7.28. The van der Waals surface area contributed by atoms with E-state index in [-0.39, 0.29) is 12.1 Å². The third-order valence-corrected chi connectivity index (χ3v) is 4.19. The average Bonchev–Trinajstić information content (AvgIpc) is 2.40. The summed E-state index contributed by atoms with van der Waals surface area (Å²) in [4.78, 5) is 14.3. The van der Waals surface area contributed by atoms with Crippen molar-refractivity contribution in [1.82, 2.24) is 10.2 Å². The van der Waals surface area contributed by atoms with Gasteiger partial charge in [-0.25, -0.2) is 4.79 Å². The van der Waals surface area contributed by atoms with E-state index in [1.165, 1.54) is 19.4 Å². The second kappa shape index (κ2) is 7.45. The van der Waals surface area contributed by atoms with Gasteiger partial charge in [0.1, 0.15) is 5.60 Å². The Morgan fingerprint density at radius 2 is 1.81 bits per heavy atom. The summed E-state index contributed by atoms with van der Waals surface area (Å²) in [7, 11) is 0. The molecule has 2 fully saturated rings. The van der Waals surface area contributed by atoms with Gasteiger partial charge < -0.3 is 14.8 Å². The van der Waals surface area contributed by atoms with Gasteiger partial charge in [0.2, 0.25) is 0 Å². The van der Waals surface area contributed by atoms with E-state index in [0.717, 1.165) is 45.1 Å². The highest BCUT2D eigenvalue weighted by molar-refractivity contribution is 5.68. The zero-order valence-electron chi connectivity index (χ0n) is 13.7. The summed E-state index contributed by atoms with van der Waals surface area (Å²) in [5, 5.41) is 3.00. The van der Waals surface area contributed by atoms with E-state index in [0.29, 0.717) is 0 Å². The predicted octanol–water partition coefficient (Wildman–Crippen LogP) is 2.40. The Hall–Kier alpha value is -0.810. The zero-order valence-corrected chi connectivity index (χ0v) is 13.7. The van der Waals surface area contributed by atoms with Gasteiger partial charge in [-0.2, -0.15) is 0 Å². The minimum absolute atomic E-state index is 0.279. The van der Waals surface area contributed by atoms with Crippen molar-refractivity contribution in [1.29, 1.82) is 0 Å². The fourth-order valence-corrected chi connectivity index (χ4v) is 3.11. The van der Waals surface area contributed by atoms with Gasteiger partial charge >= 0.3 is 6.09 Å². The summed E-state index contributed by atoms with van der Waals surface area (Å²) in [6.07, 6.45) is 4.23. The Bertz CT molecular complexity index is 327. The Morgan fingerprint density at radius 3 is 2.38 bits per heavy atom. The molecule has 1 amide bonds. The molecule has 0 aromatic rings. The second-order valence-corrected chi connectivity index (χ2v) is 7.28. The molecule has 1 aliphatic carbocycles. The third-order valence-electron chi connectivity index (χ3n) is 4.19. The molecule has 0 unspecified atom stereocenters. The lowest BCUT2D eigenvalue weighted by Gasteiger charge is -2.34. The molecule has 5 nitrogen and oxygen atoms in total. The standard InChI is InChI=1S/C16H30N2O3/c1-16(2,3)21-15(19)17-14-6-4-13(5-7-14)12-18-8-10-20-11-9-18/h13-14H,4-12H2,1-3H3,(H,17,19). The van der Waals surface area contributed by atoms with Gasteiger partial charge in [-0.1, -0.05) is 0 Å². The number of rotatable bonds is 3. The van der Waals surface area contributed by atoms with Gasteiger partial charge in [-0.05, 0) is 52.4 Å². The van der Waals surface area contributed by atoms with E-state index in [1.807, 2.05) is 20.8 Å². The number of hydrogen-bond donors (Lipinski definition) is 1. The number of carbonyl (C=O) groups excluding carboxylic acids is 1. The van der Waals surface area contributed by atoms with Crippen molar-refractivity contribution >= 4 is 6.09 Å². The Labute approximate surface area is 128 Å². The highest BCUT2D eigenvalue weighted by Gasteiger charge is 2.26. The molecule has 0 aromatic heterocycles. The molecule has 5 heteroatoms. The normalized spacial score (nSPS) is 28.1. The van der Waals surface area contributed by atoms with Crippen molar-refractivity contribution in [3.63, 3.8) is 0 Å². The number of nitrogens with zero attached hydrogens (tertiary/aromatic N) is 1. The topological polar surface area (TPSA) is 50.8 Å². The molecule has 0 radical (unpaired) electrons. The largest absolute Gasteiger partial charge is 0.444 e. The number of morpholine rings is 1. The first-order chi connectivity index (χ1) is 9.92. The minimum atomic E-state index is -0.419. The maximum Gasteiger partial charge on any atom is 0.407 e. The number of carbonyl (C=O) groups is 1. The highest BCUT2D eigenvalue weighted by atomic mass is 16.6. The van der Waals surface area contributed by atoms with Crippen molar-refractivity contribution in [2.24, 2.45) is 5.92 Å². The first-order valence-electron chi connectivity index (χ1n) is 8.22. The molecule has 1 saturated heterocycles. The molecule has 1 aliphatic heterocycles. The molecule has 0 bridgehead atoms. The molecule has 1 heterocycles. The van der Waals surface area contributed by atoms with Crippen LogP contribution in [0, 0.1) is 5.92 Å². The van der Waals surface area contributed by atoms with Crippen molar-refractivity contribution in [3.05, 3.63) is 0 Å².